The number of ether oxygens (including phenoxy) is 1. The molecule has 1 aromatic carbocycles. The average molecular weight is 264 g/mol. The van der Waals surface area contributed by atoms with Crippen molar-refractivity contribution in [2.45, 2.75) is 0 Å². The Labute approximate surface area is 78.0 Å². The molecule has 0 spiro atoms. The summed E-state index contributed by atoms with van der Waals surface area (Å²) in [5.41, 5.74) is 0. The third kappa shape index (κ3) is 2.88. The molecule has 58 valence electrons. The van der Waals surface area contributed by atoms with Gasteiger partial charge in [0.05, 0.1) is 0 Å². The van der Waals surface area contributed by atoms with E-state index in [1.54, 1.807) is 46.9 Å². The quantitative estimate of drug-likeness (QED) is 0.588. The van der Waals surface area contributed by atoms with Crippen LogP contribution in [0.25, 0.3) is 0 Å². The van der Waals surface area contributed by atoms with Crippen molar-refractivity contribution < 1.29 is 9.13 Å². The van der Waals surface area contributed by atoms with Crippen LogP contribution < -0.4 is 4.74 Å². The number of halogens is 2. The maximum atomic E-state index is 12.4. The summed E-state index contributed by atoms with van der Waals surface area (Å²) in [5.74, 6) is 0.512. The molecule has 1 nitrogen and oxygen atoms in total. The number of rotatable bonds is 2. The summed E-state index contributed by atoms with van der Waals surface area (Å²) in [6.07, 6.45) is 0. The minimum absolute atomic E-state index is 0.512. The number of hydrogen-bond acceptors (Lipinski definition) is 1. The number of benzene rings is 1. The van der Waals surface area contributed by atoms with Gasteiger partial charge in [-0.1, -0.05) is 18.2 Å². The lowest BCUT2D eigenvalue weighted by Gasteiger charge is -1.99. The summed E-state index contributed by atoms with van der Waals surface area (Å²) in [4.78, 5) is 0. The van der Waals surface area contributed by atoms with Crippen LogP contribution in [0, 0.1) is 0 Å². The number of para-hydroxylation sites is 1. The van der Waals surface area contributed by atoms with Crippen molar-refractivity contribution in [1.82, 2.24) is 0 Å². The molecule has 11 heavy (non-hydrogen) atoms. The van der Waals surface area contributed by atoms with Gasteiger partial charge >= 0.3 is 0 Å². The Morgan fingerprint density at radius 1 is 1.36 bits per heavy atom. The van der Waals surface area contributed by atoms with Crippen LogP contribution in [-0.2, 0) is 0 Å². The van der Waals surface area contributed by atoms with Gasteiger partial charge in [0.25, 0.3) is 6.01 Å². The molecule has 0 bridgehead atoms. The first-order valence-electron chi connectivity index (χ1n) is 3.01. The van der Waals surface area contributed by atoms with E-state index in [4.69, 9.17) is 4.74 Å². The van der Waals surface area contributed by atoms with E-state index in [0.29, 0.717) is 5.75 Å². The van der Waals surface area contributed by atoms with Crippen molar-refractivity contribution in [3.8, 4) is 5.75 Å². The van der Waals surface area contributed by atoms with Crippen LogP contribution in [0.5, 0.6) is 5.75 Å². The topological polar surface area (TPSA) is 9.23 Å². The van der Waals surface area contributed by atoms with Crippen LogP contribution in [-0.4, -0.2) is 0 Å². The molecule has 0 fully saturated rings. The Kier molecular flexibility index (Phi) is 3.35. The van der Waals surface area contributed by atoms with Gasteiger partial charge < -0.3 is 4.74 Å². The summed E-state index contributed by atoms with van der Waals surface area (Å²) in [6.45, 7) is 0. The Hall–Kier alpha value is -0.580. The molecule has 0 amide bonds. The van der Waals surface area contributed by atoms with Crippen molar-refractivity contribution >= 4 is 22.6 Å². The van der Waals surface area contributed by atoms with Gasteiger partial charge in [0.1, 0.15) is 5.75 Å². The van der Waals surface area contributed by atoms with Gasteiger partial charge in [-0.3, -0.25) is 0 Å². The van der Waals surface area contributed by atoms with Gasteiger partial charge in [-0.05, 0) is 34.7 Å². The molecule has 0 saturated carbocycles. The molecule has 0 saturated heterocycles. The second-order valence-corrected chi connectivity index (χ2v) is 2.45. The smallest absolute Gasteiger partial charge is 0.284 e. The van der Waals surface area contributed by atoms with Crippen LogP contribution in [0.2, 0.25) is 0 Å². The standard InChI is InChI=1S/C8H6FIO/c9-8(6-10)11-7-4-2-1-3-5-7/h1-6H/b8-6+. The Bertz CT molecular complexity index is 246. The minimum Gasteiger partial charge on any atom is -0.431 e. The maximum absolute atomic E-state index is 12.4. The SMILES string of the molecule is F/C(=C\I)Oc1ccccc1. The zero-order valence-electron chi connectivity index (χ0n) is 5.63. The molecular formula is C8H6FIO. The largest absolute Gasteiger partial charge is 0.431 e. The highest BCUT2D eigenvalue weighted by Crippen LogP contribution is 2.13. The summed E-state index contributed by atoms with van der Waals surface area (Å²) < 4.78 is 18.4. The normalized spacial score (nSPS) is 11.3. The zero-order valence-corrected chi connectivity index (χ0v) is 7.79. The predicted octanol–water partition coefficient (Wildman–Crippen LogP) is 3.27. The highest BCUT2D eigenvalue weighted by molar-refractivity contribution is 14.1. The first-order valence-corrected chi connectivity index (χ1v) is 4.26. The summed E-state index contributed by atoms with van der Waals surface area (Å²) in [7, 11) is 0. The van der Waals surface area contributed by atoms with E-state index in [2.05, 4.69) is 0 Å². The highest BCUT2D eigenvalue weighted by Gasteiger charge is 1.94. The maximum Gasteiger partial charge on any atom is 0.284 e. The minimum atomic E-state index is -0.586. The first kappa shape index (κ1) is 8.52. The van der Waals surface area contributed by atoms with Crippen molar-refractivity contribution in [3.05, 3.63) is 40.4 Å². The Morgan fingerprint density at radius 2 is 2.00 bits per heavy atom. The summed E-state index contributed by atoms with van der Waals surface area (Å²) >= 11 is 1.78. The zero-order chi connectivity index (χ0) is 8.10. The summed E-state index contributed by atoms with van der Waals surface area (Å²) in [6, 6.07) is 8.22. The molecule has 0 aliphatic heterocycles. The van der Waals surface area contributed by atoms with Gasteiger partial charge in [0.15, 0.2) is 0 Å². The molecule has 0 N–H and O–H groups in total. The molecule has 0 atom stereocenters. The van der Waals surface area contributed by atoms with Crippen LogP contribution in [0.1, 0.15) is 0 Å². The third-order valence-corrected chi connectivity index (χ3v) is 1.53. The van der Waals surface area contributed by atoms with E-state index in [0.717, 1.165) is 0 Å². The molecule has 1 aromatic rings. The van der Waals surface area contributed by atoms with Gasteiger partial charge in [0.2, 0.25) is 0 Å². The average Bonchev–Trinajstić information content (AvgIpc) is 2.06. The van der Waals surface area contributed by atoms with E-state index in [1.165, 1.54) is 4.08 Å². The van der Waals surface area contributed by atoms with E-state index in [1.807, 2.05) is 6.07 Å². The Balaban J connectivity index is 2.65. The molecule has 3 heteroatoms. The fraction of sp³-hybridized carbons (Fsp3) is 0. The fourth-order valence-electron chi connectivity index (χ4n) is 0.623. The second kappa shape index (κ2) is 4.33. The van der Waals surface area contributed by atoms with Gasteiger partial charge in [0, 0.05) is 4.08 Å². The second-order valence-electron chi connectivity index (χ2n) is 1.83. The molecule has 0 aliphatic rings. The van der Waals surface area contributed by atoms with E-state index in [-0.39, 0.29) is 0 Å². The highest BCUT2D eigenvalue weighted by atomic mass is 127. The third-order valence-electron chi connectivity index (χ3n) is 1.04. The van der Waals surface area contributed by atoms with E-state index >= 15 is 0 Å². The lowest BCUT2D eigenvalue weighted by atomic mass is 10.3. The van der Waals surface area contributed by atoms with Gasteiger partial charge in [-0.25, -0.2) is 0 Å². The van der Waals surface area contributed by atoms with Crippen molar-refractivity contribution in [2.75, 3.05) is 0 Å². The fourth-order valence-corrected chi connectivity index (χ4v) is 0.751. The molecule has 0 aliphatic carbocycles. The van der Waals surface area contributed by atoms with Crippen LogP contribution in [0.15, 0.2) is 40.4 Å². The molecule has 0 heterocycles. The molecule has 1 rings (SSSR count). The lowest BCUT2D eigenvalue weighted by Crippen LogP contribution is -1.86. The Morgan fingerprint density at radius 3 is 2.55 bits per heavy atom. The predicted molar refractivity (Wildman–Crippen MR) is 50.3 cm³/mol. The van der Waals surface area contributed by atoms with E-state index < -0.39 is 6.01 Å². The van der Waals surface area contributed by atoms with Crippen molar-refractivity contribution in [3.63, 3.8) is 0 Å². The van der Waals surface area contributed by atoms with Crippen LogP contribution >= 0.6 is 22.6 Å². The summed E-state index contributed by atoms with van der Waals surface area (Å²) in [5, 5.41) is 0. The monoisotopic (exact) mass is 264 g/mol. The molecular weight excluding hydrogens is 258 g/mol. The van der Waals surface area contributed by atoms with Gasteiger partial charge in [-0.15, -0.1) is 0 Å². The first-order chi connectivity index (χ1) is 5.33. The molecule has 0 radical (unpaired) electrons. The molecule has 0 unspecified atom stereocenters. The van der Waals surface area contributed by atoms with Crippen molar-refractivity contribution in [1.29, 1.82) is 0 Å². The van der Waals surface area contributed by atoms with Gasteiger partial charge in [-0.2, -0.15) is 4.39 Å². The molecule has 0 aromatic heterocycles. The lowest BCUT2D eigenvalue weighted by molar-refractivity contribution is 0.304. The number of hydrogen-bond donors (Lipinski definition) is 0. The van der Waals surface area contributed by atoms with Crippen molar-refractivity contribution in [2.24, 2.45) is 0 Å². The van der Waals surface area contributed by atoms with E-state index in [9.17, 15) is 4.39 Å². The van der Waals surface area contributed by atoms with Crippen LogP contribution in [0.4, 0.5) is 4.39 Å². The van der Waals surface area contributed by atoms with Crippen LogP contribution in [0.3, 0.4) is 0 Å².